The van der Waals surface area contributed by atoms with E-state index in [9.17, 15) is 9.50 Å². The predicted octanol–water partition coefficient (Wildman–Crippen LogP) is 4.40. The first kappa shape index (κ1) is 22.5. The fourth-order valence-corrected chi connectivity index (χ4v) is 4.17. The number of hydrogen-bond acceptors (Lipinski definition) is 7. The monoisotopic (exact) mass is 460 g/mol. The summed E-state index contributed by atoms with van der Waals surface area (Å²) in [4.78, 5) is 11.0. The molecule has 170 valence electrons. The molecule has 1 unspecified atom stereocenters. The van der Waals surface area contributed by atoms with Gasteiger partial charge in [0, 0.05) is 29.7 Å². The van der Waals surface area contributed by atoms with E-state index in [1.54, 1.807) is 19.2 Å². The quantitative estimate of drug-likeness (QED) is 0.458. The largest absolute Gasteiger partial charge is 0.493 e. The van der Waals surface area contributed by atoms with E-state index in [0.717, 1.165) is 37.7 Å². The third-order valence-corrected chi connectivity index (χ3v) is 5.95. The van der Waals surface area contributed by atoms with Crippen molar-refractivity contribution in [3.05, 3.63) is 47.5 Å². The lowest BCUT2D eigenvalue weighted by molar-refractivity contribution is 0.150. The third kappa shape index (κ3) is 5.03. The van der Waals surface area contributed by atoms with E-state index in [2.05, 4.69) is 20.2 Å². The summed E-state index contributed by atoms with van der Waals surface area (Å²) in [5, 5.41) is 13.4. The van der Waals surface area contributed by atoms with Crippen molar-refractivity contribution < 1.29 is 19.0 Å². The highest BCUT2D eigenvalue weighted by molar-refractivity contribution is 6.31. The second-order valence-corrected chi connectivity index (χ2v) is 8.12. The number of aliphatic hydroxyl groups is 1. The first-order chi connectivity index (χ1) is 15.6. The molecule has 9 heteroatoms. The van der Waals surface area contributed by atoms with E-state index < -0.39 is 5.82 Å². The minimum absolute atomic E-state index is 0.0282. The smallest absolute Gasteiger partial charge is 0.162 e. The second kappa shape index (κ2) is 10.3. The number of likely N-dealkylation sites (tertiary alicyclic amines) is 1. The average Bonchev–Trinajstić information content (AvgIpc) is 3.26. The molecule has 2 aromatic carbocycles. The Morgan fingerprint density at radius 1 is 1.25 bits per heavy atom. The van der Waals surface area contributed by atoms with Gasteiger partial charge >= 0.3 is 0 Å². The van der Waals surface area contributed by atoms with Crippen LogP contribution >= 0.6 is 11.6 Å². The van der Waals surface area contributed by atoms with Gasteiger partial charge in [-0.3, -0.25) is 4.90 Å². The molecule has 4 rings (SSSR count). The van der Waals surface area contributed by atoms with Crippen molar-refractivity contribution in [3.8, 4) is 11.5 Å². The minimum Gasteiger partial charge on any atom is -0.493 e. The Morgan fingerprint density at radius 3 is 2.91 bits per heavy atom. The topological polar surface area (TPSA) is 79.7 Å². The van der Waals surface area contributed by atoms with Crippen molar-refractivity contribution in [1.82, 2.24) is 14.9 Å². The highest BCUT2D eigenvalue weighted by atomic mass is 35.5. The Balaban J connectivity index is 1.50. The first-order valence-corrected chi connectivity index (χ1v) is 11.0. The van der Waals surface area contributed by atoms with Crippen LogP contribution in [0.4, 0.5) is 15.9 Å². The van der Waals surface area contributed by atoms with Crippen LogP contribution in [0.25, 0.3) is 10.9 Å². The van der Waals surface area contributed by atoms with Crippen LogP contribution in [0.2, 0.25) is 5.02 Å². The van der Waals surface area contributed by atoms with Gasteiger partial charge in [0.15, 0.2) is 11.5 Å². The molecule has 1 aromatic heterocycles. The van der Waals surface area contributed by atoms with Gasteiger partial charge in [-0.15, -0.1) is 0 Å². The molecule has 32 heavy (non-hydrogen) atoms. The fourth-order valence-electron chi connectivity index (χ4n) is 3.99. The van der Waals surface area contributed by atoms with Gasteiger partial charge in [0.2, 0.25) is 0 Å². The summed E-state index contributed by atoms with van der Waals surface area (Å²) >= 11 is 5.90. The number of hydrogen-bond donors (Lipinski definition) is 2. The number of benzene rings is 2. The van der Waals surface area contributed by atoms with Gasteiger partial charge in [-0.2, -0.15) is 0 Å². The van der Waals surface area contributed by atoms with Crippen LogP contribution in [-0.2, 0) is 0 Å². The average molecular weight is 461 g/mol. The maximum atomic E-state index is 13.5. The van der Waals surface area contributed by atoms with Crippen LogP contribution in [-0.4, -0.2) is 59.4 Å². The van der Waals surface area contributed by atoms with Crippen molar-refractivity contribution in [2.45, 2.75) is 25.3 Å². The first-order valence-electron chi connectivity index (χ1n) is 10.6. The van der Waals surface area contributed by atoms with Crippen LogP contribution in [0.3, 0.4) is 0 Å². The zero-order valence-corrected chi connectivity index (χ0v) is 18.6. The normalized spacial score (nSPS) is 16.4. The van der Waals surface area contributed by atoms with Gasteiger partial charge < -0.3 is 19.9 Å². The zero-order chi connectivity index (χ0) is 22.5. The van der Waals surface area contributed by atoms with E-state index in [1.807, 2.05) is 6.07 Å². The molecule has 1 fully saturated rings. The molecule has 0 bridgehead atoms. The van der Waals surface area contributed by atoms with E-state index in [1.165, 1.54) is 18.5 Å². The number of methoxy groups -OCH3 is 1. The number of nitrogens with one attached hydrogen (secondary N) is 1. The molecule has 1 atom stereocenters. The Labute approximate surface area is 191 Å². The lowest BCUT2D eigenvalue weighted by Gasteiger charge is -2.22. The summed E-state index contributed by atoms with van der Waals surface area (Å²) in [6.45, 7) is 2.61. The van der Waals surface area contributed by atoms with Crippen LogP contribution in [0.1, 0.15) is 19.3 Å². The molecule has 0 amide bonds. The van der Waals surface area contributed by atoms with Gasteiger partial charge in [-0.05, 0) is 50.1 Å². The summed E-state index contributed by atoms with van der Waals surface area (Å²) in [5.74, 6) is 1.24. The number of nitrogens with zero attached hydrogens (tertiary/aromatic N) is 3. The maximum absolute atomic E-state index is 13.5. The molecule has 1 aliphatic rings. The molecular weight excluding hydrogens is 435 g/mol. The van der Waals surface area contributed by atoms with Crippen LogP contribution < -0.4 is 14.8 Å². The van der Waals surface area contributed by atoms with E-state index >= 15 is 0 Å². The zero-order valence-electron chi connectivity index (χ0n) is 17.9. The van der Waals surface area contributed by atoms with Crippen molar-refractivity contribution in [3.63, 3.8) is 0 Å². The van der Waals surface area contributed by atoms with Crippen LogP contribution in [0, 0.1) is 5.82 Å². The molecule has 0 aliphatic carbocycles. The number of halogens is 2. The summed E-state index contributed by atoms with van der Waals surface area (Å²) in [6, 6.07) is 8.30. The molecule has 2 heterocycles. The summed E-state index contributed by atoms with van der Waals surface area (Å²) in [6.07, 6.45) is 4.45. The molecule has 0 spiro atoms. The van der Waals surface area contributed by atoms with Crippen molar-refractivity contribution in [2.75, 3.05) is 38.7 Å². The number of aliphatic hydroxyl groups excluding tert-OH is 1. The number of rotatable bonds is 9. The van der Waals surface area contributed by atoms with E-state index in [-0.39, 0.29) is 17.7 Å². The maximum Gasteiger partial charge on any atom is 0.162 e. The molecular formula is C23H26ClFN4O3. The highest BCUT2D eigenvalue weighted by Gasteiger charge is 2.23. The van der Waals surface area contributed by atoms with Gasteiger partial charge in [0.05, 0.1) is 30.9 Å². The van der Waals surface area contributed by atoms with Crippen LogP contribution in [0.15, 0.2) is 36.7 Å². The second-order valence-electron chi connectivity index (χ2n) is 7.71. The molecule has 1 aliphatic heterocycles. The molecule has 2 N–H and O–H groups in total. The molecule has 1 saturated heterocycles. The van der Waals surface area contributed by atoms with Gasteiger partial charge in [-0.1, -0.05) is 11.6 Å². The van der Waals surface area contributed by atoms with Gasteiger partial charge in [-0.25, -0.2) is 14.4 Å². The SMILES string of the molecule is COc1cc2ncnc(Nc3ccc(F)c(Cl)c3)c2cc1OCCCN1CCCC1CO. The molecule has 3 aromatic rings. The predicted molar refractivity (Wildman–Crippen MR) is 123 cm³/mol. The summed E-state index contributed by atoms with van der Waals surface area (Å²) < 4.78 is 25.0. The number of aromatic nitrogens is 2. The molecule has 0 radical (unpaired) electrons. The van der Waals surface area contributed by atoms with Crippen LogP contribution in [0.5, 0.6) is 11.5 Å². The standard InChI is InChI=1S/C23H26ClFN4O3/c1-31-21-12-20-17(11-22(21)32-9-3-8-29-7-2-4-16(29)13-30)23(27-14-26-20)28-15-5-6-19(25)18(24)10-15/h5-6,10-12,14,16,30H,2-4,7-9,13H2,1H3,(H,26,27,28). The van der Waals surface area contributed by atoms with E-state index in [4.69, 9.17) is 21.1 Å². The third-order valence-electron chi connectivity index (χ3n) is 5.66. The highest BCUT2D eigenvalue weighted by Crippen LogP contribution is 2.35. The van der Waals surface area contributed by atoms with E-state index in [0.29, 0.717) is 35.1 Å². The number of anilines is 2. The Morgan fingerprint density at radius 2 is 2.12 bits per heavy atom. The summed E-state index contributed by atoms with van der Waals surface area (Å²) in [7, 11) is 1.59. The molecule has 7 nitrogen and oxygen atoms in total. The Kier molecular flexibility index (Phi) is 7.24. The minimum atomic E-state index is -0.482. The van der Waals surface area contributed by atoms with Crippen molar-refractivity contribution >= 4 is 34.0 Å². The van der Waals surface area contributed by atoms with Crippen molar-refractivity contribution in [2.24, 2.45) is 0 Å². The van der Waals surface area contributed by atoms with Crippen molar-refractivity contribution in [1.29, 1.82) is 0 Å². The Bertz CT molecular complexity index is 1080. The van der Waals surface area contributed by atoms with Gasteiger partial charge in [0.1, 0.15) is 18.0 Å². The fraction of sp³-hybridized carbons (Fsp3) is 0.391. The summed E-state index contributed by atoms with van der Waals surface area (Å²) in [5.41, 5.74) is 1.29. The lowest BCUT2D eigenvalue weighted by atomic mass is 10.2. The molecule has 0 saturated carbocycles. The lowest BCUT2D eigenvalue weighted by Crippen LogP contribution is -2.33. The number of fused-ring (bicyclic) bond motifs is 1. The Hall–Kier alpha value is -2.68. The number of ether oxygens (including phenoxy) is 2. The van der Waals surface area contributed by atoms with Gasteiger partial charge in [0.25, 0.3) is 0 Å².